The molecule has 1 rings (SSSR count). The van der Waals surface area contributed by atoms with Gasteiger partial charge in [-0.25, -0.2) is 0 Å². The Labute approximate surface area is 97.3 Å². The van der Waals surface area contributed by atoms with E-state index in [4.69, 9.17) is 10.00 Å². The molecule has 0 fully saturated rings. The number of methoxy groups -OCH3 is 1. The molecule has 0 N–H and O–H groups in total. The number of benzene rings is 1. The van der Waals surface area contributed by atoms with Crippen LogP contribution in [-0.4, -0.2) is 20.2 Å². The van der Waals surface area contributed by atoms with Crippen molar-refractivity contribution in [2.75, 3.05) is 19.1 Å². The van der Waals surface area contributed by atoms with Crippen molar-refractivity contribution in [1.29, 1.82) is 5.26 Å². The van der Waals surface area contributed by atoms with Gasteiger partial charge in [-0.05, 0) is 44.0 Å². The van der Waals surface area contributed by atoms with Crippen LogP contribution in [0.5, 0.6) is 5.75 Å². The smallest absolute Gasteiger partial charge is 0.124 e. The van der Waals surface area contributed by atoms with Crippen LogP contribution in [0.25, 0.3) is 0 Å². The van der Waals surface area contributed by atoms with E-state index in [-0.39, 0.29) is 6.04 Å². The molecule has 1 aromatic carbocycles. The van der Waals surface area contributed by atoms with Crippen molar-refractivity contribution < 1.29 is 4.74 Å². The van der Waals surface area contributed by atoms with Crippen molar-refractivity contribution in [2.24, 2.45) is 0 Å². The third kappa shape index (κ3) is 2.27. The lowest BCUT2D eigenvalue weighted by molar-refractivity contribution is 0.408. The van der Waals surface area contributed by atoms with Gasteiger partial charge in [0.15, 0.2) is 0 Å². The van der Waals surface area contributed by atoms with Crippen LogP contribution in [0.4, 0.5) is 5.69 Å². The van der Waals surface area contributed by atoms with Gasteiger partial charge in [0.2, 0.25) is 0 Å². The number of rotatable bonds is 3. The Hall–Kier alpha value is -1.69. The molecule has 0 bridgehead atoms. The first-order valence-corrected chi connectivity index (χ1v) is 5.29. The molecule has 86 valence electrons. The molecule has 0 aromatic heterocycles. The molecule has 0 aliphatic carbocycles. The Bertz CT molecular complexity index is 397. The van der Waals surface area contributed by atoms with Crippen molar-refractivity contribution in [1.82, 2.24) is 0 Å². The fourth-order valence-corrected chi connectivity index (χ4v) is 1.76. The molecular formula is C13H18N2O. The predicted molar refractivity (Wildman–Crippen MR) is 65.9 cm³/mol. The van der Waals surface area contributed by atoms with Crippen LogP contribution in [0.1, 0.15) is 18.1 Å². The highest BCUT2D eigenvalue weighted by Gasteiger charge is 2.12. The lowest BCUT2D eigenvalue weighted by Crippen LogP contribution is -2.27. The summed E-state index contributed by atoms with van der Waals surface area (Å²) in [6.45, 7) is 5.91. The summed E-state index contributed by atoms with van der Waals surface area (Å²) in [6.07, 6.45) is 0. The predicted octanol–water partition coefficient (Wildman–Crippen LogP) is 2.66. The van der Waals surface area contributed by atoms with Crippen LogP contribution in [0.3, 0.4) is 0 Å². The standard InChI is InChI=1S/C13H18N2O/c1-9-6-12(15(4)11(3)8-14)7-10(2)13(9)16-5/h6-7,11H,1-5H3. The van der Waals surface area contributed by atoms with E-state index in [2.05, 4.69) is 6.07 Å². The summed E-state index contributed by atoms with van der Waals surface area (Å²) in [5.41, 5.74) is 3.23. The summed E-state index contributed by atoms with van der Waals surface area (Å²) >= 11 is 0. The van der Waals surface area contributed by atoms with Crippen molar-refractivity contribution >= 4 is 5.69 Å². The number of nitrogens with zero attached hydrogens (tertiary/aromatic N) is 2. The van der Waals surface area contributed by atoms with Gasteiger partial charge in [0.05, 0.1) is 13.2 Å². The molecule has 0 aliphatic heterocycles. The minimum absolute atomic E-state index is 0.132. The van der Waals surface area contributed by atoms with Crippen LogP contribution >= 0.6 is 0 Å². The zero-order chi connectivity index (χ0) is 12.3. The summed E-state index contributed by atoms with van der Waals surface area (Å²) in [4.78, 5) is 1.96. The van der Waals surface area contributed by atoms with E-state index in [0.29, 0.717) is 0 Å². The summed E-state index contributed by atoms with van der Waals surface area (Å²) in [7, 11) is 3.60. The zero-order valence-electron chi connectivity index (χ0n) is 10.5. The van der Waals surface area contributed by atoms with Crippen LogP contribution in [0, 0.1) is 25.2 Å². The van der Waals surface area contributed by atoms with E-state index < -0.39 is 0 Å². The minimum Gasteiger partial charge on any atom is -0.496 e. The van der Waals surface area contributed by atoms with Crippen LogP contribution < -0.4 is 9.64 Å². The Kier molecular flexibility index (Phi) is 3.78. The number of anilines is 1. The molecule has 16 heavy (non-hydrogen) atoms. The van der Waals surface area contributed by atoms with Gasteiger partial charge in [-0.15, -0.1) is 0 Å². The van der Waals surface area contributed by atoms with E-state index in [1.54, 1.807) is 7.11 Å². The number of nitriles is 1. The van der Waals surface area contributed by atoms with Gasteiger partial charge >= 0.3 is 0 Å². The largest absolute Gasteiger partial charge is 0.496 e. The van der Waals surface area contributed by atoms with Gasteiger partial charge < -0.3 is 9.64 Å². The maximum absolute atomic E-state index is 8.89. The van der Waals surface area contributed by atoms with E-state index >= 15 is 0 Å². The van der Waals surface area contributed by atoms with E-state index in [9.17, 15) is 0 Å². The molecule has 0 heterocycles. The fraction of sp³-hybridized carbons (Fsp3) is 0.462. The Morgan fingerprint density at radius 2 is 1.81 bits per heavy atom. The number of hydrogen-bond acceptors (Lipinski definition) is 3. The summed E-state index contributed by atoms with van der Waals surface area (Å²) in [5.74, 6) is 0.918. The molecule has 0 saturated carbocycles. The molecule has 1 unspecified atom stereocenters. The fourth-order valence-electron chi connectivity index (χ4n) is 1.76. The van der Waals surface area contributed by atoms with Gasteiger partial charge in [-0.1, -0.05) is 0 Å². The monoisotopic (exact) mass is 218 g/mol. The molecule has 0 aliphatic rings. The first-order chi connectivity index (χ1) is 7.51. The third-order valence-electron chi connectivity index (χ3n) is 2.82. The Morgan fingerprint density at radius 3 is 2.19 bits per heavy atom. The van der Waals surface area contributed by atoms with Gasteiger partial charge in [0.25, 0.3) is 0 Å². The first kappa shape index (κ1) is 12.4. The van der Waals surface area contributed by atoms with Gasteiger partial charge in [-0.3, -0.25) is 0 Å². The number of hydrogen-bond donors (Lipinski definition) is 0. The van der Waals surface area contributed by atoms with Gasteiger partial charge in [0.1, 0.15) is 11.8 Å². The maximum Gasteiger partial charge on any atom is 0.124 e. The minimum atomic E-state index is -0.132. The second-order valence-electron chi connectivity index (χ2n) is 4.03. The first-order valence-electron chi connectivity index (χ1n) is 5.29. The number of ether oxygens (including phenoxy) is 1. The molecule has 3 nitrogen and oxygen atoms in total. The molecular weight excluding hydrogens is 200 g/mol. The van der Waals surface area contributed by atoms with Crippen molar-refractivity contribution in [3.8, 4) is 11.8 Å². The van der Waals surface area contributed by atoms with E-state index in [0.717, 1.165) is 22.6 Å². The quantitative estimate of drug-likeness (QED) is 0.782. The molecule has 3 heteroatoms. The average Bonchev–Trinajstić information content (AvgIpc) is 2.26. The highest BCUT2D eigenvalue weighted by molar-refractivity contribution is 5.57. The third-order valence-corrected chi connectivity index (χ3v) is 2.82. The molecule has 1 aromatic rings. The highest BCUT2D eigenvalue weighted by Crippen LogP contribution is 2.28. The van der Waals surface area contributed by atoms with Crippen LogP contribution in [-0.2, 0) is 0 Å². The molecule has 0 spiro atoms. The molecule has 0 saturated heterocycles. The van der Waals surface area contributed by atoms with Crippen molar-refractivity contribution in [3.63, 3.8) is 0 Å². The SMILES string of the molecule is COc1c(C)cc(N(C)C(C)C#N)cc1C. The second kappa shape index (κ2) is 4.89. The Morgan fingerprint density at radius 1 is 1.31 bits per heavy atom. The van der Waals surface area contributed by atoms with E-state index in [1.807, 2.05) is 44.9 Å². The van der Waals surface area contributed by atoms with Crippen molar-refractivity contribution in [2.45, 2.75) is 26.8 Å². The molecule has 0 radical (unpaired) electrons. The average molecular weight is 218 g/mol. The zero-order valence-corrected chi connectivity index (χ0v) is 10.5. The molecule has 1 atom stereocenters. The van der Waals surface area contributed by atoms with Gasteiger partial charge in [0, 0.05) is 12.7 Å². The number of aryl methyl sites for hydroxylation is 2. The lowest BCUT2D eigenvalue weighted by Gasteiger charge is -2.23. The normalized spacial score (nSPS) is 11.8. The van der Waals surface area contributed by atoms with Crippen LogP contribution in [0.15, 0.2) is 12.1 Å². The topological polar surface area (TPSA) is 36.3 Å². The lowest BCUT2D eigenvalue weighted by atomic mass is 10.1. The highest BCUT2D eigenvalue weighted by atomic mass is 16.5. The van der Waals surface area contributed by atoms with Gasteiger partial charge in [-0.2, -0.15) is 5.26 Å². The summed E-state index contributed by atoms with van der Waals surface area (Å²) < 4.78 is 5.31. The molecule has 0 amide bonds. The van der Waals surface area contributed by atoms with Crippen molar-refractivity contribution in [3.05, 3.63) is 23.3 Å². The Balaban J connectivity index is 3.14. The second-order valence-corrected chi connectivity index (χ2v) is 4.03. The van der Waals surface area contributed by atoms with E-state index in [1.165, 1.54) is 0 Å². The summed E-state index contributed by atoms with van der Waals surface area (Å²) in [5, 5.41) is 8.89. The summed E-state index contributed by atoms with van der Waals surface area (Å²) in [6, 6.07) is 6.18. The maximum atomic E-state index is 8.89. The van der Waals surface area contributed by atoms with Crippen LogP contribution in [0.2, 0.25) is 0 Å².